The summed E-state index contributed by atoms with van der Waals surface area (Å²) in [5.74, 6) is 0. The Morgan fingerprint density at radius 2 is 1.94 bits per heavy atom. The molecule has 17 heavy (non-hydrogen) atoms. The summed E-state index contributed by atoms with van der Waals surface area (Å²) in [5, 5.41) is 18.3. The SMILES string of the molecule is Nc1nnc(CN2CCCN(CCO)CC2)s1. The van der Waals surface area contributed by atoms with Crippen LogP contribution in [0.15, 0.2) is 0 Å². The van der Waals surface area contributed by atoms with E-state index in [1.54, 1.807) is 0 Å². The number of rotatable bonds is 4. The number of aliphatic hydroxyl groups is 1. The van der Waals surface area contributed by atoms with Crippen molar-refractivity contribution >= 4 is 16.5 Å². The molecule has 0 amide bonds. The van der Waals surface area contributed by atoms with E-state index < -0.39 is 0 Å². The molecule has 2 rings (SSSR count). The van der Waals surface area contributed by atoms with Gasteiger partial charge in [0.15, 0.2) is 0 Å². The Labute approximate surface area is 105 Å². The van der Waals surface area contributed by atoms with Gasteiger partial charge in [0.05, 0.1) is 13.2 Å². The molecule has 1 saturated heterocycles. The van der Waals surface area contributed by atoms with Gasteiger partial charge in [0.1, 0.15) is 5.01 Å². The van der Waals surface area contributed by atoms with E-state index >= 15 is 0 Å². The largest absolute Gasteiger partial charge is 0.395 e. The molecular weight excluding hydrogens is 238 g/mol. The Kier molecular flexibility index (Phi) is 4.66. The smallest absolute Gasteiger partial charge is 0.203 e. The number of anilines is 1. The van der Waals surface area contributed by atoms with Gasteiger partial charge in [0, 0.05) is 19.6 Å². The maximum absolute atomic E-state index is 8.93. The van der Waals surface area contributed by atoms with Crippen molar-refractivity contribution in [3.8, 4) is 0 Å². The molecular formula is C10H19N5OS. The van der Waals surface area contributed by atoms with Crippen molar-refractivity contribution in [2.24, 2.45) is 0 Å². The van der Waals surface area contributed by atoms with Gasteiger partial charge in [-0.1, -0.05) is 11.3 Å². The van der Waals surface area contributed by atoms with E-state index in [1.807, 2.05) is 0 Å². The predicted octanol–water partition coefficient (Wildman–Crippen LogP) is -0.380. The minimum Gasteiger partial charge on any atom is -0.395 e. The highest BCUT2D eigenvalue weighted by Crippen LogP contribution is 2.14. The number of aromatic nitrogens is 2. The van der Waals surface area contributed by atoms with Crippen molar-refractivity contribution in [1.82, 2.24) is 20.0 Å². The fraction of sp³-hybridized carbons (Fsp3) is 0.800. The first kappa shape index (κ1) is 12.7. The first-order chi connectivity index (χ1) is 8.28. The fourth-order valence-corrected chi connectivity index (χ4v) is 2.72. The number of hydrogen-bond donors (Lipinski definition) is 2. The highest BCUT2D eigenvalue weighted by molar-refractivity contribution is 7.15. The Morgan fingerprint density at radius 1 is 1.18 bits per heavy atom. The molecule has 0 unspecified atom stereocenters. The van der Waals surface area contributed by atoms with Crippen LogP contribution in [0.3, 0.4) is 0 Å². The van der Waals surface area contributed by atoms with Crippen LogP contribution in [0.1, 0.15) is 11.4 Å². The molecule has 0 radical (unpaired) electrons. The van der Waals surface area contributed by atoms with Crippen molar-refractivity contribution < 1.29 is 5.11 Å². The normalized spacial score (nSPS) is 19.4. The number of nitrogens with zero attached hydrogens (tertiary/aromatic N) is 4. The average Bonchev–Trinajstić information content (AvgIpc) is 2.58. The molecule has 1 fully saturated rings. The molecule has 0 aromatic carbocycles. The van der Waals surface area contributed by atoms with Crippen LogP contribution < -0.4 is 5.73 Å². The molecule has 7 heteroatoms. The number of nitrogens with two attached hydrogens (primary N) is 1. The van der Waals surface area contributed by atoms with Crippen molar-refractivity contribution in [3.63, 3.8) is 0 Å². The van der Waals surface area contributed by atoms with E-state index in [1.165, 1.54) is 11.3 Å². The first-order valence-electron chi connectivity index (χ1n) is 5.91. The summed E-state index contributed by atoms with van der Waals surface area (Å²) in [5.41, 5.74) is 5.57. The average molecular weight is 257 g/mol. The third-order valence-electron chi connectivity index (χ3n) is 2.94. The minimum absolute atomic E-state index is 0.243. The third kappa shape index (κ3) is 3.88. The van der Waals surface area contributed by atoms with Gasteiger partial charge in [-0.2, -0.15) is 0 Å². The number of β-amino-alcohol motifs (C(OH)–C–C–N with tert-alkyl or cyclic N) is 1. The molecule has 1 aromatic rings. The van der Waals surface area contributed by atoms with Crippen LogP contribution in [-0.2, 0) is 6.54 Å². The lowest BCUT2D eigenvalue weighted by molar-refractivity contribution is 0.196. The molecule has 2 heterocycles. The Bertz CT molecular complexity index is 345. The van der Waals surface area contributed by atoms with Gasteiger partial charge in [-0.25, -0.2) is 0 Å². The molecule has 96 valence electrons. The van der Waals surface area contributed by atoms with Crippen LogP contribution in [0.2, 0.25) is 0 Å². The third-order valence-corrected chi connectivity index (χ3v) is 3.68. The van der Waals surface area contributed by atoms with E-state index in [4.69, 9.17) is 10.8 Å². The second-order valence-corrected chi connectivity index (χ2v) is 5.32. The summed E-state index contributed by atoms with van der Waals surface area (Å²) < 4.78 is 0. The molecule has 0 spiro atoms. The minimum atomic E-state index is 0.243. The molecule has 6 nitrogen and oxygen atoms in total. The highest BCUT2D eigenvalue weighted by Gasteiger charge is 2.15. The summed E-state index contributed by atoms with van der Waals surface area (Å²) >= 11 is 1.46. The second kappa shape index (κ2) is 6.25. The van der Waals surface area contributed by atoms with E-state index in [2.05, 4.69) is 20.0 Å². The Hall–Kier alpha value is -0.760. The lowest BCUT2D eigenvalue weighted by Gasteiger charge is -2.19. The van der Waals surface area contributed by atoms with E-state index in [0.29, 0.717) is 5.13 Å². The van der Waals surface area contributed by atoms with Gasteiger partial charge in [-0.15, -0.1) is 10.2 Å². The summed E-state index contributed by atoms with van der Waals surface area (Å²) in [6, 6.07) is 0. The van der Waals surface area contributed by atoms with Gasteiger partial charge in [0.2, 0.25) is 5.13 Å². The van der Waals surface area contributed by atoms with E-state index in [-0.39, 0.29) is 6.61 Å². The van der Waals surface area contributed by atoms with Gasteiger partial charge in [-0.05, 0) is 19.5 Å². The zero-order valence-corrected chi connectivity index (χ0v) is 10.7. The zero-order chi connectivity index (χ0) is 12.1. The van der Waals surface area contributed by atoms with Gasteiger partial charge in [-0.3, -0.25) is 9.80 Å². The lowest BCUT2D eigenvalue weighted by Crippen LogP contribution is -2.32. The lowest BCUT2D eigenvalue weighted by atomic mass is 10.4. The molecule has 1 aliphatic heterocycles. The topological polar surface area (TPSA) is 78.5 Å². The van der Waals surface area contributed by atoms with Crippen LogP contribution in [-0.4, -0.2) is 64.4 Å². The quantitative estimate of drug-likeness (QED) is 0.765. The fourth-order valence-electron chi connectivity index (χ4n) is 2.07. The summed E-state index contributed by atoms with van der Waals surface area (Å²) in [6.45, 7) is 6.01. The first-order valence-corrected chi connectivity index (χ1v) is 6.73. The maximum Gasteiger partial charge on any atom is 0.203 e. The van der Waals surface area contributed by atoms with Crippen LogP contribution >= 0.6 is 11.3 Å². The van der Waals surface area contributed by atoms with Crippen molar-refractivity contribution in [1.29, 1.82) is 0 Å². The second-order valence-electron chi connectivity index (χ2n) is 4.23. The van der Waals surface area contributed by atoms with Gasteiger partial charge < -0.3 is 10.8 Å². The monoisotopic (exact) mass is 257 g/mol. The highest BCUT2D eigenvalue weighted by atomic mass is 32.1. The summed E-state index contributed by atoms with van der Waals surface area (Å²) in [4.78, 5) is 4.67. The molecule has 1 aliphatic rings. The Morgan fingerprint density at radius 3 is 2.65 bits per heavy atom. The Balaban J connectivity index is 1.82. The van der Waals surface area contributed by atoms with Crippen LogP contribution in [0.5, 0.6) is 0 Å². The van der Waals surface area contributed by atoms with Crippen LogP contribution in [0.4, 0.5) is 5.13 Å². The van der Waals surface area contributed by atoms with Crippen molar-refractivity contribution in [3.05, 3.63) is 5.01 Å². The molecule has 0 bridgehead atoms. The predicted molar refractivity (Wildman–Crippen MR) is 67.7 cm³/mol. The molecule has 1 aromatic heterocycles. The van der Waals surface area contributed by atoms with Gasteiger partial charge >= 0.3 is 0 Å². The van der Waals surface area contributed by atoms with Crippen LogP contribution in [0.25, 0.3) is 0 Å². The standard InChI is InChI=1S/C10H19N5OS/c11-10-13-12-9(17-10)8-15-3-1-2-14(4-5-15)6-7-16/h16H,1-8H2,(H2,11,13). The molecule has 0 saturated carbocycles. The molecule has 3 N–H and O–H groups in total. The number of hydrogen-bond acceptors (Lipinski definition) is 7. The van der Waals surface area contributed by atoms with E-state index in [0.717, 1.165) is 50.7 Å². The molecule has 0 aliphatic carbocycles. The molecule has 0 atom stereocenters. The summed E-state index contributed by atoms with van der Waals surface area (Å²) in [6.07, 6.45) is 1.13. The van der Waals surface area contributed by atoms with Crippen molar-refractivity contribution in [2.75, 3.05) is 45.1 Å². The zero-order valence-electron chi connectivity index (χ0n) is 9.88. The number of nitrogen functional groups attached to an aromatic ring is 1. The van der Waals surface area contributed by atoms with Crippen molar-refractivity contribution in [2.45, 2.75) is 13.0 Å². The van der Waals surface area contributed by atoms with Gasteiger partial charge in [0.25, 0.3) is 0 Å². The number of aliphatic hydroxyl groups excluding tert-OH is 1. The maximum atomic E-state index is 8.93. The summed E-state index contributed by atoms with van der Waals surface area (Å²) in [7, 11) is 0. The van der Waals surface area contributed by atoms with E-state index in [9.17, 15) is 0 Å². The van der Waals surface area contributed by atoms with Crippen LogP contribution in [0, 0.1) is 0 Å².